The van der Waals surface area contributed by atoms with Crippen molar-refractivity contribution in [1.82, 2.24) is 16.0 Å². The number of amides is 3. The molecule has 0 spiro atoms. The van der Waals surface area contributed by atoms with Crippen LogP contribution in [0.5, 0.6) is 5.75 Å². The maximum atomic E-state index is 14.1. The molecule has 1 aliphatic carbocycles. The molecule has 3 amide bonds. The van der Waals surface area contributed by atoms with E-state index in [-0.39, 0.29) is 91.7 Å². The summed E-state index contributed by atoms with van der Waals surface area (Å²) in [6.45, 7) is 12.3. The maximum Gasteiger partial charge on any atom is 2.00 e. The largest absolute Gasteiger partial charge is 2.00 e. The number of carboxylic acids is 3. The second kappa shape index (κ2) is 40.3. The number of Topliss-reactive ketones (excluding diaryl/α,β-unsaturated/α-hetero) is 2. The Bertz CT molecular complexity index is 1990. The number of rotatable bonds is 24. The number of halogens is 6. The van der Waals surface area contributed by atoms with Gasteiger partial charge in [-0.2, -0.15) is 26.3 Å². The van der Waals surface area contributed by atoms with Crippen molar-refractivity contribution in [3.05, 3.63) is 44.7 Å². The zero-order chi connectivity index (χ0) is 58.3. The van der Waals surface area contributed by atoms with Crippen LogP contribution in [0.3, 0.4) is 0 Å². The summed E-state index contributed by atoms with van der Waals surface area (Å²) in [5.74, 6) is -10.3. The second-order valence-electron chi connectivity index (χ2n) is 19.2. The molecule has 0 aromatic heterocycles. The van der Waals surface area contributed by atoms with Gasteiger partial charge in [0.15, 0.2) is 17.6 Å². The Morgan fingerprint density at radius 1 is 0.679 bits per heavy atom. The fourth-order valence-corrected chi connectivity index (χ4v) is 6.25. The van der Waals surface area contributed by atoms with Gasteiger partial charge in [0.1, 0.15) is 23.4 Å². The van der Waals surface area contributed by atoms with Crippen molar-refractivity contribution in [1.29, 1.82) is 0 Å². The summed E-state index contributed by atoms with van der Waals surface area (Å²) in [4.78, 5) is 112. The molecule has 1 aromatic carbocycles. The molecule has 0 aliphatic heterocycles. The molecule has 0 heterocycles. The van der Waals surface area contributed by atoms with Gasteiger partial charge in [-0.3, -0.25) is 33.8 Å². The summed E-state index contributed by atoms with van der Waals surface area (Å²) in [6, 6.07) is 2.66. The van der Waals surface area contributed by atoms with Gasteiger partial charge in [-0.05, 0) is 98.3 Å². The van der Waals surface area contributed by atoms with E-state index >= 15 is 0 Å². The van der Waals surface area contributed by atoms with Gasteiger partial charge in [-0.1, -0.05) is 50.7 Å². The van der Waals surface area contributed by atoms with Gasteiger partial charge in [0.05, 0.1) is 24.3 Å². The number of amidine groups is 1. The van der Waals surface area contributed by atoms with Crippen LogP contribution in [0.2, 0.25) is 0 Å². The van der Waals surface area contributed by atoms with E-state index in [1.165, 1.54) is 44.2 Å². The molecule has 12 N–H and O–H groups in total. The predicted molar refractivity (Wildman–Crippen MR) is 271 cm³/mol. The van der Waals surface area contributed by atoms with Crippen LogP contribution >= 0.6 is 0 Å². The van der Waals surface area contributed by atoms with Gasteiger partial charge in [0, 0.05) is 31.8 Å². The standard InChI is InChI=1S/C39H62N6O11.C5H10.2C2HF3O2.2CH3.Ru/c1-24(40)42-20-10-12-29(31(47)17-18-33(49)50)44-35(52)26(11-8-9-19-43-37(54)56-39(5,6)7)22-32(48)30(21-25-13-15-27(46)16-14-25)45-36(53)28(41)23-34(51)55-38(2,3)4;1-2-4-5-3-1;2*3-2(4,5)1(6)7;;;/h13-16,26,28-30,46H,8-12,17-23,41H2,1-7H3,(H2,40,42)(H,43,54)(H,44,52)(H,45,53)(H,49,50);1-5H2;2*(H,6,7);2*1H3;/q;;;;2*-1;+2/p+1/t26-,28+,29+,30-;;;;;;/m1....../s1. The molecule has 0 unspecified atom stereocenters. The summed E-state index contributed by atoms with van der Waals surface area (Å²) >= 11 is 0. The molecule has 78 heavy (non-hydrogen) atoms. The molecule has 0 saturated heterocycles. The minimum atomic E-state index is -5.08. The van der Waals surface area contributed by atoms with Gasteiger partial charge < -0.3 is 72.2 Å². The number of quaternary nitrogens is 1. The third kappa shape index (κ3) is 44.1. The van der Waals surface area contributed by atoms with Crippen molar-refractivity contribution in [3.8, 4) is 5.75 Å². The first-order chi connectivity index (χ1) is 34.3. The van der Waals surface area contributed by atoms with Crippen LogP contribution in [0, 0.1) is 20.8 Å². The van der Waals surface area contributed by atoms with Crippen molar-refractivity contribution in [2.75, 3.05) is 13.1 Å². The number of nitrogens with one attached hydrogen (secondary N) is 3. The molecule has 28 heteroatoms. The van der Waals surface area contributed by atoms with Crippen LogP contribution in [-0.4, -0.2) is 134 Å². The van der Waals surface area contributed by atoms with E-state index in [9.17, 15) is 65.0 Å². The number of hydrogen-bond acceptors (Lipinski definition) is 13. The Labute approximate surface area is 464 Å². The fourth-order valence-electron chi connectivity index (χ4n) is 6.25. The molecule has 1 aromatic rings. The molecule has 1 aliphatic rings. The number of phenolic OH excluding ortho intramolecular Hbond substituents is 1. The monoisotopic (exact) mass is 1220 g/mol. The average Bonchev–Trinajstić information content (AvgIpc) is 3.85. The minimum Gasteiger partial charge on any atom is -0.508 e. The number of nitrogens with two attached hydrogens (primary N) is 1. The number of aliphatic imine (C=N–C) groups is 1. The zero-order valence-electron chi connectivity index (χ0n) is 45.8. The number of hydrogen-bond donors (Lipinski definition) is 9. The van der Waals surface area contributed by atoms with Crippen LogP contribution in [0.15, 0.2) is 29.3 Å². The third-order valence-electron chi connectivity index (χ3n) is 9.79. The number of benzene rings is 1. The number of esters is 1. The molecule has 1 fully saturated rings. The van der Waals surface area contributed by atoms with E-state index in [1.807, 2.05) is 0 Å². The van der Waals surface area contributed by atoms with Crippen LogP contribution in [0.1, 0.15) is 144 Å². The van der Waals surface area contributed by atoms with Crippen molar-refractivity contribution < 1.29 is 125 Å². The number of aliphatic carboxylic acids is 3. The molecule has 1 saturated carbocycles. The molecule has 450 valence electrons. The normalized spacial score (nSPS) is 13.6. The number of ether oxygens (including phenoxy) is 2. The summed E-state index contributed by atoms with van der Waals surface area (Å²) in [5.41, 5.74) is 8.51. The first-order valence-corrected chi connectivity index (χ1v) is 23.9. The predicted octanol–water partition coefficient (Wildman–Crippen LogP) is 6.22. The van der Waals surface area contributed by atoms with Gasteiger partial charge >= 0.3 is 61.8 Å². The summed E-state index contributed by atoms with van der Waals surface area (Å²) < 4.78 is 74.0. The number of carbonyl (C=O) groups excluding carboxylic acids is 6. The van der Waals surface area contributed by atoms with E-state index in [0.29, 0.717) is 30.7 Å². The first kappa shape index (κ1) is 80.9. The van der Waals surface area contributed by atoms with Gasteiger partial charge in [-0.15, -0.1) is 0 Å². The van der Waals surface area contributed by atoms with Crippen molar-refractivity contribution in [2.45, 2.75) is 186 Å². The van der Waals surface area contributed by atoms with E-state index in [1.54, 1.807) is 60.6 Å². The molecule has 4 atom stereocenters. The number of carboxylic acid groups (broad SMARTS) is 3. The quantitative estimate of drug-likeness (QED) is 0.0105. The maximum absolute atomic E-state index is 14.1. The number of phenols is 1. The average molecular weight is 1220 g/mol. The van der Waals surface area contributed by atoms with E-state index in [4.69, 9.17) is 40.1 Å². The number of unbranched alkanes of at least 4 members (excludes halogenated alkanes) is 1. The van der Waals surface area contributed by atoms with Gasteiger partial charge in [0.2, 0.25) is 5.91 Å². The topological polar surface area (TPSA) is 355 Å². The Hall–Kier alpha value is -5.92. The van der Waals surface area contributed by atoms with E-state index in [0.717, 1.165) is 0 Å². The number of alkyl halides is 6. The Kier molecular flexibility index (Phi) is 41.8. The fraction of sp³-hybridized carbons (Fsp3) is 0.640. The number of carbonyl (C=O) groups is 9. The number of ketones is 2. The molecule has 0 bridgehead atoms. The SMILES string of the molecule is C1CCCC1.CC(N)=NCCC[C@H](NC(=O)[C@H](CCCCNC(=O)OC(C)(C)C)CC(=O)[C@@H](Cc1ccc(O)cc1)NC(=O)[C@@H]([NH3+])CC(=O)OC(C)(C)C)C(=O)CCC(=O)O.O=C(O)C(F)(F)F.O=C(O)C(F)(F)F.[CH3-].[CH3-].[Ru+2]. The Balaban J connectivity index is -0.000000677. The molecular weight excluding hydrogens is 1140 g/mol. The van der Waals surface area contributed by atoms with Gasteiger partial charge in [-0.25, -0.2) is 14.4 Å². The van der Waals surface area contributed by atoms with Crippen molar-refractivity contribution in [3.63, 3.8) is 0 Å². The smallest absolute Gasteiger partial charge is 0.508 e. The van der Waals surface area contributed by atoms with Crippen LogP contribution < -0.4 is 27.4 Å². The summed E-state index contributed by atoms with van der Waals surface area (Å²) in [6.07, 6.45) is -3.33. The summed E-state index contributed by atoms with van der Waals surface area (Å²) in [7, 11) is 0. The molecule has 2 rings (SSSR count). The summed E-state index contributed by atoms with van der Waals surface area (Å²) in [5, 5.41) is 41.3. The third-order valence-corrected chi connectivity index (χ3v) is 9.79. The van der Waals surface area contributed by atoms with Crippen LogP contribution in [0.25, 0.3) is 0 Å². The Morgan fingerprint density at radius 2 is 1.14 bits per heavy atom. The number of aromatic hydroxyl groups is 1. The van der Waals surface area contributed by atoms with Crippen LogP contribution in [-0.2, 0) is 73.7 Å². The van der Waals surface area contributed by atoms with Crippen LogP contribution in [0.4, 0.5) is 31.1 Å². The van der Waals surface area contributed by atoms with Crippen molar-refractivity contribution in [2.24, 2.45) is 16.6 Å². The van der Waals surface area contributed by atoms with Gasteiger partial charge in [0.25, 0.3) is 5.91 Å². The number of alkyl carbamates (subject to hydrolysis) is 1. The van der Waals surface area contributed by atoms with E-state index in [2.05, 4.69) is 26.7 Å². The minimum absolute atomic E-state index is 0. The van der Waals surface area contributed by atoms with Crippen molar-refractivity contribution >= 4 is 59.2 Å². The zero-order valence-corrected chi connectivity index (χ0v) is 47.5. The molecular formula is C50H81F6N6O15Ru+. The van der Waals surface area contributed by atoms with E-state index < -0.39 is 107 Å². The molecule has 0 radical (unpaired) electrons. The first-order valence-electron chi connectivity index (χ1n) is 23.9. The molecule has 21 nitrogen and oxygen atoms in total. The second-order valence-corrected chi connectivity index (χ2v) is 19.2. The number of nitrogens with zero attached hydrogens (tertiary/aromatic N) is 1. The Morgan fingerprint density at radius 3 is 1.56 bits per heavy atom.